The third-order valence-corrected chi connectivity index (χ3v) is 4.90. The van der Waals surface area contributed by atoms with Crippen LogP contribution in [0, 0.1) is 5.41 Å². The van der Waals surface area contributed by atoms with Gasteiger partial charge in [-0.15, -0.1) is 0 Å². The van der Waals surface area contributed by atoms with Crippen LogP contribution in [0.15, 0.2) is 0 Å². The van der Waals surface area contributed by atoms with Gasteiger partial charge < -0.3 is 10.6 Å². The van der Waals surface area contributed by atoms with Gasteiger partial charge in [0.1, 0.15) is 0 Å². The zero-order valence-corrected chi connectivity index (χ0v) is 12.5. The summed E-state index contributed by atoms with van der Waals surface area (Å²) in [4.78, 5) is 17.0. The summed E-state index contributed by atoms with van der Waals surface area (Å²) < 4.78 is 0. The molecule has 0 aliphatic carbocycles. The summed E-state index contributed by atoms with van der Waals surface area (Å²) in [5.41, 5.74) is 6.05. The molecular formula is C15H29N3O. The molecule has 1 amide bonds. The van der Waals surface area contributed by atoms with Crippen LogP contribution < -0.4 is 5.73 Å². The molecule has 2 saturated heterocycles. The fourth-order valence-electron chi connectivity index (χ4n) is 3.27. The Morgan fingerprint density at radius 2 is 1.84 bits per heavy atom. The van der Waals surface area contributed by atoms with Crippen LogP contribution in [-0.4, -0.2) is 54.5 Å². The minimum absolute atomic E-state index is 0.0199. The molecule has 0 saturated carbocycles. The fraction of sp³-hybridized carbons (Fsp3) is 0.933. The molecule has 2 atom stereocenters. The van der Waals surface area contributed by atoms with E-state index in [9.17, 15) is 4.79 Å². The number of amides is 1. The molecular weight excluding hydrogens is 238 g/mol. The minimum Gasteiger partial charge on any atom is -0.341 e. The van der Waals surface area contributed by atoms with Crippen molar-refractivity contribution < 1.29 is 4.79 Å². The summed E-state index contributed by atoms with van der Waals surface area (Å²) in [5, 5.41) is 0. The van der Waals surface area contributed by atoms with E-state index >= 15 is 0 Å². The Balaban J connectivity index is 1.92. The Hall–Kier alpha value is -0.610. The zero-order chi connectivity index (χ0) is 13.9. The predicted octanol–water partition coefficient (Wildman–Crippen LogP) is 1.45. The van der Waals surface area contributed by atoms with Crippen molar-refractivity contribution in [2.45, 2.75) is 52.0 Å². The van der Waals surface area contributed by atoms with E-state index in [-0.39, 0.29) is 11.5 Å². The molecule has 0 bridgehead atoms. The molecule has 19 heavy (non-hydrogen) atoms. The summed E-state index contributed by atoms with van der Waals surface area (Å²) >= 11 is 0. The topological polar surface area (TPSA) is 49.6 Å². The molecule has 2 N–H and O–H groups in total. The lowest BCUT2D eigenvalue weighted by molar-refractivity contribution is -0.136. The largest absolute Gasteiger partial charge is 0.341 e. The van der Waals surface area contributed by atoms with Gasteiger partial charge >= 0.3 is 0 Å². The van der Waals surface area contributed by atoms with Gasteiger partial charge in [-0.1, -0.05) is 19.8 Å². The molecule has 2 rings (SSSR count). The normalized spacial score (nSPS) is 31.2. The first kappa shape index (κ1) is 14.8. The van der Waals surface area contributed by atoms with Gasteiger partial charge in [-0.05, 0) is 44.7 Å². The van der Waals surface area contributed by atoms with Crippen LogP contribution >= 0.6 is 0 Å². The number of nitrogens with two attached hydrogens (primary N) is 1. The molecule has 4 nitrogen and oxygen atoms in total. The Kier molecular flexibility index (Phi) is 4.85. The van der Waals surface area contributed by atoms with E-state index in [1.165, 1.54) is 25.7 Å². The predicted molar refractivity (Wildman–Crippen MR) is 77.9 cm³/mol. The first-order chi connectivity index (χ1) is 9.06. The summed E-state index contributed by atoms with van der Waals surface area (Å²) in [6.07, 6.45) is 5.99. The van der Waals surface area contributed by atoms with Crippen LogP contribution in [0.4, 0.5) is 0 Å². The van der Waals surface area contributed by atoms with Crippen molar-refractivity contribution in [2.75, 3.05) is 32.7 Å². The first-order valence-electron chi connectivity index (χ1n) is 7.79. The van der Waals surface area contributed by atoms with E-state index in [4.69, 9.17) is 5.73 Å². The third-order valence-electron chi connectivity index (χ3n) is 4.90. The van der Waals surface area contributed by atoms with E-state index in [2.05, 4.69) is 23.6 Å². The summed E-state index contributed by atoms with van der Waals surface area (Å²) in [6.45, 7) is 8.88. The van der Waals surface area contributed by atoms with Crippen molar-refractivity contribution in [2.24, 2.45) is 11.1 Å². The van der Waals surface area contributed by atoms with E-state index in [1.54, 1.807) is 0 Å². The number of carbonyl (C=O) groups is 1. The quantitative estimate of drug-likeness (QED) is 0.842. The highest BCUT2D eigenvalue weighted by Gasteiger charge is 2.37. The molecule has 2 aliphatic rings. The van der Waals surface area contributed by atoms with E-state index in [0.717, 1.165) is 32.6 Å². The Bertz CT molecular complexity index is 313. The number of carbonyl (C=O) groups excluding carboxylic acids is 1. The van der Waals surface area contributed by atoms with Crippen LogP contribution in [-0.2, 0) is 4.79 Å². The highest BCUT2D eigenvalue weighted by atomic mass is 16.2. The first-order valence-corrected chi connectivity index (χ1v) is 7.79. The second kappa shape index (κ2) is 6.23. The van der Waals surface area contributed by atoms with Crippen LogP contribution in [0.5, 0.6) is 0 Å². The molecule has 0 aromatic rings. The van der Waals surface area contributed by atoms with Crippen molar-refractivity contribution in [1.82, 2.24) is 9.80 Å². The lowest BCUT2D eigenvalue weighted by Gasteiger charge is -2.31. The number of likely N-dealkylation sites (tertiary alicyclic amines) is 2. The van der Waals surface area contributed by atoms with Gasteiger partial charge in [-0.3, -0.25) is 9.69 Å². The van der Waals surface area contributed by atoms with Crippen molar-refractivity contribution >= 4 is 5.91 Å². The molecule has 110 valence electrons. The van der Waals surface area contributed by atoms with Crippen LogP contribution in [0.2, 0.25) is 0 Å². The Morgan fingerprint density at radius 3 is 2.37 bits per heavy atom. The molecule has 0 spiro atoms. The zero-order valence-electron chi connectivity index (χ0n) is 12.5. The molecule has 2 aliphatic heterocycles. The van der Waals surface area contributed by atoms with Crippen molar-refractivity contribution in [3.05, 3.63) is 0 Å². The molecule has 2 unspecified atom stereocenters. The van der Waals surface area contributed by atoms with Gasteiger partial charge in [0.2, 0.25) is 5.91 Å². The number of hydrogen-bond acceptors (Lipinski definition) is 3. The monoisotopic (exact) mass is 267 g/mol. The summed E-state index contributed by atoms with van der Waals surface area (Å²) in [5.74, 6) is 0.322. The highest BCUT2D eigenvalue weighted by molar-refractivity contribution is 5.81. The average molecular weight is 267 g/mol. The van der Waals surface area contributed by atoms with Crippen molar-refractivity contribution in [1.29, 1.82) is 0 Å². The third kappa shape index (κ3) is 3.48. The second-order valence-corrected chi connectivity index (χ2v) is 6.65. The standard InChI is InChI=1S/C15H29N3O/c1-13(18-10-7-15(2,11-16)12-18)14(19)17-8-5-3-4-6-9-17/h13H,3-12,16H2,1-2H3. The van der Waals surface area contributed by atoms with E-state index in [1.807, 2.05) is 0 Å². The van der Waals surface area contributed by atoms with Crippen LogP contribution in [0.25, 0.3) is 0 Å². The summed E-state index contributed by atoms with van der Waals surface area (Å²) in [7, 11) is 0. The van der Waals surface area contributed by atoms with Crippen LogP contribution in [0.3, 0.4) is 0 Å². The smallest absolute Gasteiger partial charge is 0.239 e. The molecule has 0 aromatic carbocycles. The molecule has 0 radical (unpaired) electrons. The van der Waals surface area contributed by atoms with Gasteiger partial charge in [0.15, 0.2) is 0 Å². The number of nitrogens with zero attached hydrogens (tertiary/aromatic N) is 2. The van der Waals surface area contributed by atoms with E-state index in [0.29, 0.717) is 12.5 Å². The molecule has 2 fully saturated rings. The minimum atomic E-state index is 0.0199. The van der Waals surface area contributed by atoms with Crippen LogP contribution in [0.1, 0.15) is 46.0 Å². The number of hydrogen-bond donors (Lipinski definition) is 1. The lowest BCUT2D eigenvalue weighted by Crippen LogP contribution is -2.47. The summed E-state index contributed by atoms with van der Waals surface area (Å²) in [6, 6.07) is 0.0199. The second-order valence-electron chi connectivity index (χ2n) is 6.65. The fourth-order valence-corrected chi connectivity index (χ4v) is 3.27. The molecule has 2 heterocycles. The average Bonchev–Trinajstić information content (AvgIpc) is 2.65. The Morgan fingerprint density at radius 1 is 1.21 bits per heavy atom. The van der Waals surface area contributed by atoms with Crippen molar-refractivity contribution in [3.8, 4) is 0 Å². The van der Waals surface area contributed by atoms with Gasteiger partial charge in [-0.2, -0.15) is 0 Å². The maximum Gasteiger partial charge on any atom is 0.239 e. The number of rotatable bonds is 3. The van der Waals surface area contributed by atoms with Gasteiger partial charge in [0, 0.05) is 19.6 Å². The van der Waals surface area contributed by atoms with E-state index < -0.39 is 0 Å². The maximum atomic E-state index is 12.6. The maximum absolute atomic E-state index is 12.6. The SMILES string of the molecule is CC(C(=O)N1CCCCCC1)N1CCC(C)(CN)C1. The Labute approximate surface area is 117 Å². The molecule has 4 heteroatoms. The molecule has 0 aromatic heterocycles. The van der Waals surface area contributed by atoms with Gasteiger partial charge in [0.05, 0.1) is 6.04 Å². The van der Waals surface area contributed by atoms with Gasteiger partial charge in [-0.25, -0.2) is 0 Å². The van der Waals surface area contributed by atoms with Gasteiger partial charge in [0.25, 0.3) is 0 Å². The highest BCUT2D eigenvalue weighted by Crippen LogP contribution is 2.30. The van der Waals surface area contributed by atoms with Crippen molar-refractivity contribution in [3.63, 3.8) is 0 Å². The lowest BCUT2D eigenvalue weighted by atomic mass is 9.90.